The summed E-state index contributed by atoms with van der Waals surface area (Å²) in [6.07, 6.45) is -0.510. The fourth-order valence-corrected chi connectivity index (χ4v) is 3.78. The highest BCUT2D eigenvalue weighted by molar-refractivity contribution is 6.35. The molecule has 1 N–H and O–H groups in total. The van der Waals surface area contributed by atoms with Crippen LogP contribution in [0.5, 0.6) is 0 Å². The molecule has 1 aliphatic heterocycles. The van der Waals surface area contributed by atoms with Crippen LogP contribution in [0.25, 0.3) is 0 Å². The Kier molecular flexibility index (Phi) is 5.89. The molecule has 0 aliphatic carbocycles. The number of benzene rings is 3. The van der Waals surface area contributed by atoms with Crippen LogP contribution in [0.1, 0.15) is 42.2 Å². The van der Waals surface area contributed by atoms with Gasteiger partial charge < -0.3 is 10.1 Å². The molecule has 0 unspecified atom stereocenters. The SMILES string of the molecule is COC(=O)N(C)c1ccc(NC(=O)c2ccc3c(c2)C(=O)N(c2cc(C)ccc2C)C3=O)cc1. The van der Waals surface area contributed by atoms with Gasteiger partial charge in [-0.2, -0.15) is 0 Å². The van der Waals surface area contributed by atoms with Crippen molar-refractivity contribution in [3.05, 3.63) is 88.5 Å². The molecule has 0 saturated carbocycles. The molecule has 0 radical (unpaired) electrons. The Morgan fingerprint density at radius 2 is 1.56 bits per heavy atom. The number of methoxy groups -OCH3 is 1. The third-order valence-electron chi connectivity index (χ3n) is 5.72. The minimum absolute atomic E-state index is 0.189. The van der Waals surface area contributed by atoms with Gasteiger partial charge in [-0.15, -0.1) is 0 Å². The first kappa shape index (κ1) is 22.7. The molecule has 0 fully saturated rings. The first-order valence-corrected chi connectivity index (χ1v) is 10.5. The lowest BCUT2D eigenvalue weighted by atomic mass is 10.1. The second-order valence-electron chi connectivity index (χ2n) is 8.03. The summed E-state index contributed by atoms with van der Waals surface area (Å²) in [5, 5.41) is 2.76. The van der Waals surface area contributed by atoms with Crippen molar-refractivity contribution in [3.8, 4) is 0 Å². The standard InChI is InChI=1S/C26H23N3O5/c1-15-5-6-16(2)22(13-15)29-24(31)20-12-7-17(14-21(20)25(29)32)23(30)27-18-8-10-19(11-9-18)28(3)26(33)34-4/h5-14H,1-4H3,(H,27,30). The molecule has 3 aromatic carbocycles. The van der Waals surface area contributed by atoms with Crippen LogP contribution in [0, 0.1) is 13.8 Å². The molecule has 0 aromatic heterocycles. The van der Waals surface area contributed by atoms with Gasteiger partial charge in [0.25, 0.3) is 17.7 Å². The minimum atomic E-state index is -0.510. The second kappa shape index (κ2) is 8.82. The summed E-state index contributed by atoms with van der Waals surface area (Å²) in [4.78, 5) is 53.0. The smallest absolute Gasteiger partial charge is 0.413 e. The van der Waals surface area contributed by atoms with Gasteiger partial charge in [-0.3, -0.25) is 19.3 Å². The quantitative estimate of drug-likeness (QED) is 0.580. The summed E-state index contributed by atoms with van der Waals surface area (Å²) in [6.45, 7) is 3.73. The van der Waals surface area contributed by atoms with Gasteiger partial charge in [-0.1, -0.05) is 12.1 Å². The van der Waals surface area contributed by atoms with E-state index in [2.05, 4.69) is 10.1 Å². The monoisotopic (exact) mass is 457 g/mol. The zero-order valence-corrected chi connectivity index (χ0v) is 19.2. The Labute approximate surface area is 196 Å². The number of carbonyl (C=O) groups is 4. The number of hydrogen-bond donors (Lipinski definition) is 1. The summed E-state index contributed by atoms with van der Waals surface area (Å²) in [6, 6.07) is 16.7. The number of ether oxygens (including phenoxy) is 1. The molecule has 3 aromatic rings. The predicted molar refractivity (Wildman–Crippen MR) is 129 cm³/mol. The molecule has 1 heterocycles. The van der Waals surface area contributed by atoms with Gasteiger partial charge in [-0.05, 0) is 73.5 Å². The van der Waals surface area contributed by atoms with E-state index in [1.807, 2.05) is 26.0 Å². The number of fused-ring (bicyclic) bond motifs is 1. The second-order valence-corrected chi connectivity index (χ2v) is 8.03. The van der Waals surface area contributed by atoms with Crippen LogP contribution in [-0.2, 0) is 4.74 Å². The van der Waals surface area contributed by atoms with E-state index >= 15 is 0 Å². The number of nitrogens with one attached hydrogen (secondary N) is 1. The van der Waals surface area contributed by atoms with Gasteiger partial charge in [0.05, 0.1) is 23.9 Å². The molecule has 0 atom stereocenters. The molecule has 1 aliphatic rings. The normalized spacial score (nSPS) is 12.4. The van der Waals surface area contributed by atoms with Gasteiger partial charge in [0.2, 0.25) is 0 Å². The van der Waals surface area contributed by atoms with Crippen molar-refractivity contribution in [2.75, 3.05) is 29.3 Å². The fourth-order valence-electron chi connectivity index (χ4n) is 3.78. The maximum atomic E-state index is 13.1. The third-order valence-corrected chi connectivity index (χ3v) is 5.72. The van der Waals surface area contributed by atoms with Crippen LogP contribution in [0.2, 0.25) is 0 Å². The van der Waals surface area contributed by atoms with E-state index in [1.54, 1.807) is 37.4 Å². The van der Waals surface area contributed by atoms with E-state index < -0.39 is 23.8 Å². The summed E-state index contributed by atoms with van der Waals surface area (Å²) in [7, 11) is 2.87. The summed E-state index contributed by atoms with van der Waals surface area (Å²) in [5.74, 6) is -1.30. The number of imide groups is 1. The van der Waals surface area contributed by atoms with Crippen molar-refractivity contribution in [2.24, 2.45) is 0 Å². The topological polar surface area (TPSA) is 96.0 Å². The van der Waals surface area contributed by atoms with Crippen LogP contribution < -0.4 is 15.1 Å². The maximum absolute atomic E-state index is 13.1. The van der Waals surface area contributed by atoms with Crippen molar-refractivity contribution in [1.82, 2.24) is 0 Å². The molecule has 8 nitrogen and oxygen atoms in total. The largest absolute Gasteiger partial charge is 0.452 e. The fraction of sp³-hybridized carbons (Fsp3) is 0.154. The van der Waals surface area contributed by atoms with Crippen LogP contribution in [-0.4, -0.2) is 38.0 Å². The van der Waals surface area contributed by atoms with E-state index in [1.165, 1.54) is 30.2 Å². The highest BCUT2D eigenvalue weighted by atomic mass is 16.5. The molecule has 4 amide bonds. The van der Waals surface area contributed by atoms with Gasteiger partial charge in [-0.25, -0.2) is 9.69 Å². The highest BCUT2D eigenvalue weighted by Gasteiger charge is 2.37. The molecule has 0 bridgehead atoms. The zero-order chi connectivity index (χ0) is 24.6. The van der Waals surface area contributed by atoms with E-state index in [0.717, 1.165) is 16.0 Å². The molecular weight excluding hydrogens is 434 g/mol. The summed E-state index contributed by atoms with van der Waals surface area (Å²) in [5.41, 5.74) is 4.07. The van der Waals surface area contributed by atoms with Gasteiger partial charge in [0.1, 0.15) is 0 Å². The molecular formula is C26H23N3O5. The molecule has 4 rings (SSSR count). The Morgan fingerprint density at radius 1 is 0.882 bits per heavy atom. The van der Waals surface area contributed by atoms with E-state index in [0.29, 0.717) is 17.1 Å². The average molecular weight is 457 g/mol. The zero-order valence-electron chi connectivity index (χ0n) is 19.2. The Hall–Kier alpha value is -4.46. The molecule has 172 valence electrons. The number of nitrogens with zero attached hydrogens (tertiary/aromatic N) is 2. The highest BCUT2D eigenvalue weighted by Crippen LogP contribution is 2.32. The lowest BCUT2D eigenvalue weighted by Crippen LogP contribution is -2.30. The number of amides is 4. The Balaban J connectivity index is 1.55. The van der Waals surface area contributed by atoms with Gasteiger partial charge in [0, 0.05) is 24.0 Å². The number of carbonyl (C=O) groups excluding carboxylic acids is 4. The van der Waals surface area contributed by atoms with Crippen molar-refractivity contribution in [1.29, 1.82) is 0 Å². The number of hydrogen-bond acceptors (Lipinski definition) is 5. The van der Waals surface area contributed by atoms with Crippen molar-refractivity contribution >= 4 is 40.9 Å². The van der Waals surface area contributed by atoms with Crippen LogP contribution >= 0.6 is 0 Å². The summed E-state index contributed by atoms with van der Waals surface area (Å²) < 4.78 is 4.68. The number of rotatable bonds is 4. The van der Waals surface area contributed by atoms with Crippen LogP contribution in [0.15, 0.2) is 60.7 Å². The predicted octanol–water partition coefficient (Wildman–Crippen LogP) is 4.56. The van der Waals surface area contributed by atoms with Crippen molar-refractivity contribution in [2.45, 2.75) is 13.8 Å². The summed E-state index contributed by atoms with van der Waals surface area (Å²) >= 11 is 0. The van der Waals surface area contributed by atoms with Gasteiger partial charge >= 0.3 is 6.09 Å². The van der Waals surface area contributed by atoms with Crippen LogP contribution in [0.3, 0.4) is 0 Å². The minimum Gasteiger partial charge on any atom is -0.452 e. The van der Waals surface area contributed by atoms with Crippen molar-refractivity contribution in [3.63, 3.8) is 0 Å². The maximum Gasteiger partial charge on any atom is 0.413 e. The molecule has 0 spiro atoms. The Morgan fingerprint density at radius 3 is 2.24 bits per heavy atom. The number of anilines is 3. The third kappa shape index (κ3) is 4.01. The van der Waals surface area contributed by atoms with Crippen molar-refractivity contribution < 1.29 is 23.9 Å². The van der Waals surface area contributed by atoms with Crippen LogP contribution in [0.4, 0.5) is 21.9 Å². The molecule has 0 saturated heterocycles. The first-order valence-electron chi connectivity index (χ1n) is 10.5. The number of aryl methyl sites for hydroxylation is 2. The average Bonchev–Trinajstić information content (AvgIpc) is 3.09. The lowest BCUT2D eigenvalue weighted by molar-refractivity contribution is 0.0925. The lowest BCUT2D eigenvalue weighted by Gasteiger charge is -2.17. The Bertz CT molecular complexity index is 1330. The first-order chi connectivity index (χ1) is 16.2. The molecule has 8 heteroatoms. The molecule has 34 heavy (non-hydrogen) atoms. The van der Waals surface area contributed by atoms with E-state index in [9.17, 15) is 19.2 Å². The van der Waals surface area contributed by atoms with Gasteiger partial charge in [0.15, 0.2) is 0 Å². The van der Waals surface area contributed by atoms with E-state index in [-0.39, 0.29) is 16.7 Å². The van der Waals surface area contributed by atoms with E-state index in [4.69, 9.17) is 0 Å².